The highest BCUT2D eigenvalue weighted by Gasteiger charge is 2.43. The van der Waals surface area contributed by atoms with Crippen LogP contribution in [-0.4, -0.2) is 13.6 Å². The molecule has 1 fully saturated rings. The van der Waals surface area contributed by atoms with Crippen molar-refractivity contribution >= 4 is 11.6 Å². The van der Waals surface area contributed by atoms with E-state index in [2.05, 4.69) is 5.32 Å². The van der Waals surface area contributed by atoms with Crippen molar-refractivity contribution in [3.63, 3.8) is 0 Å². The number of hydrogen-bond donors (Lipinski definition) is 1. The van der Waals surface area contributed by atoms with E-state index in [0.717, 1.165) is 24.9 Å². The lowest BCUT2D eigenvalue weighted by Gasteiger charge is -2.15. The molecule has 1 aromatic rings. The van der Waals surface area contributed by atoms with Crippen LogP contribution in [0.3, 0.4) is 0 Å². The van der Waals surface area contributed by atoms with Gasteiger partial charge in [0.25, 0.3) is 0 Å². The van der Waals surface area contributed by atoms with Gasteiger partial charge >= 0.3 is 0 Å². The predicted octanol–water partition coefficient (Wildman–Crippen LogP) is 2.73. The molecule has 0 amide bonds. The van der Waals surface area contributed by atoms with Gasteiger partial charge in [0.15, 0.2) is 0 Å². The number of nitrogens with one attached hydrogen (secondary N) is 1. The fourth-order valence-corrected chi connectivity index (χ4v) is 2.06. The van der Waals surface area contributed by atoms with Crippen molar-refractivity contribution in [1.82, 2.24) is 5.32 Å². The number of rotatable bonds is 3. The summed E-state index contributed by atoms with van der Waals surface area (Å²) in [6, 6.07) is 5.04. The van der Waals surface area contributed by atoms with Gasteiger partial charge in [-0.1, -0.05) is 17.7 Å². The van der Waals surface area contributed by atoms with E-state index in [1.54, 1.807) is 6.07 Å². The molecule has 0 radical (unpaired) electrons. The molecule has 1 aliphatic carbocycles. The van der Waals surface area contributed by atoms with Gasteiger partial charge in [-0.2, -0.15) is 0 Å². The topological polar surface area (TPSA) is 12.0 Å². The molecule has 0 heterocycles. The monoisotopic (exact) mass is 213 g/mol. The number of halogens is 2. The summed E-state index contributed by atoms with van der Waals surface area (Å²) in [5, 5.41) is 3.39. The van der Waals surface area contributed by atoms with Crippen LogP contribution in [0.1, 0.15) is 18.4 Å². The molecular weight excluding hydrogens is 201 g/mol. The fraction of sp³-hybridized carbons (Fsp3) is 0.455. The molecule has 0 aliphatic heterocycles. The summed E-state index contributed by atoms with van der Waals surface area (Å²) in [6.07, 6.45) is 2.33. The summed E-state index contributed by atoms with van der Waals surface area (Å²) in [5.41, 5.74) is 1.37. The summed E-state index contributed by atoms with van der Waals surface area (Å²) in [4.78, 5) is 0. The van der Waals surface area contributed by atoms with Gasteiger partial charge < -0.3 is 5.32 Å². The largest absolute Gasteiger partial charge is 0.319 e. The zero-order chi connectivity index (χ0) is 10.2. The molecule has 1 N–H and O–H groups in total. The number of benzene rings is 1. The molecule has 1 nitrogen and oxygen atoms in total. The third kappa shape index (κ3) is 1.64. The van der Waals surface area contributed by atoms with E-state index in [9.17, 15) is 4.39 Å². The van der Waals surface area contributed by atoms with E-state index in [4.69, 9.17) is 11.6 Å². The van der Waals surface area contributed by atoms with E-state index in [0.29, 0.717) is 0 Å². The second kappa shape index (κ2) is 3.52. The van der Waals surface area contributed by atoms with Crippen LogP contribution in [0.15, 0.2) is 18.2 Å². The van der Waals surface area contributed by atoms with Crippen LogP contribution in [0.4, 0.5) is 4.39 Å². The lowest BCUT2D eigenvalue weighted by atomic mass is 9.96. The van der Waals surface area contributed by atoms with Crippen LogP contribution in [0, 0.1) is 5.82 Å². The van der Waals surface area contributed by atoms with Crippen LogP contribution in [0.25, 0.3) is 0 Å². The number of hydrogen-bond acceptors (Lipinski definition) is 1. The standard InChI is InChI=1S/C11H13ClFN/c1-14-7-11(4-5-11)8-2-3-10(13)9(12)6-8/h2-3,6,14H,4-5,7H2,1H3. The SMILES string of the molecule is CNCC1(c2ccc(F)c(Cl)c2)CC1. The van der Waals surface area contributed by atoms with Crippen molar-refractivity contribution in [2.24, 2.45) is 0 Å². The first-order valence-corrected chi connectivity index (χ1v) is 5.16. The fourth-order valence-electron chi connectivity index (χ4n) is 1.88. The Morgan fingerprint density at radius 1 is 1.50 bits per heavy atom. The Bertz CT molecular complexity index is 347. The molecule has 1 saturated carbocycles. The first-order chi connectivity index (χ1) is 6.68. The average molecular weight is 214 g/mol. The predicted molar refractivity (Wildman–Crippen MR) is 56.2 cm³/mol. The molecule has 1 aromatic carbocycles. The quantitative estimate of drug-likeness (QED) is 0.814. The van der Waals surface area contributed by atoms with Crippen molar-refractivity contribution in [2.75, 3.05) is 13.6 Å². The Labute approximate surface area is 88.3 Å². The second-order valence-corrected chi connectivity index (χ2v) is 4.35. The summed E-state index contributed by atoms with van der Waals surface area (Å²) in [5.74, 6) is -0.337. The van der Waals surface area contributed by atoms with Crippen molar-refractivity contribution in [2.45, 2.75) is 18.3 Å². The molecular formula is C11H13ClFN. The maximum Gasteiger partial charge on any atom is 0.141 e. The summed E-state index contributed by atoms with van der Waals surface area (Å²) < 4.78 is 12.9. The summed E-state index contributed by atoms with van der Waals surface area (Å²) in [6.45, 7) is 0.939. The second-order valence-electron chi connectivity index (χ2n) is 3.94. The van der Waals surface area contributed by atoms with E-state index < -0.39 is 0 Å². The van der Waals surface area contributed by atoms with Crippen molar-refractivity contribution in [3.8, 4) is 0 Å². The molecule has 0 saturated heterocycles. The Morgan fingerprint density at radius 2 is 2.21 bits per heavy atom. The van der Waals surface area contributed by atoms with Crippen molar-refractivity contribution < 1.29 is 4.39 Å². The Morgan fingerprint density at radius 3 is 2.71 bits per heavy atom. The zero-order valence-corrected chi connectivity index (χ0v) is 8.87. The highest BCUT2D eigenvalue weighted by molar-refractivity contribution is 6.30. The minimum atomic E-state index is -0.337. The van der Waals surface area contributed by atoms with Gasteiger partial charge in [0, 0.05) is 12.0 Å². The smallest absolute Gasteiger partial charge is 0.141 e. The van der Waals surface area contributed by atoms with E-state index in [-0.39, 0.29) is 16.3 Å². The molecule has 76 valence electrons. The maximum atomic E-state index is 12.9. The molecule has 1 aliphatic rings. The Balaban J connectivity index is 2.28. The summed E-state index contributed by atoms with van der Waals surface area (Å²) >= 11 is 5.75. The maximum absolute atomic E-state index is 12.9. The molecule has 0 bridgehead atoms. The van der Waals surface area contributed by atoms with Crippen LogP contribution in [0.2, 0.25) is 5.02 Å². The Hall–Kier alpha value is -0.600. The lowest BCUT2D eigenvalue weighted by molar-refractivity contribution is 0.610. The average Bonchev–Trinajstić information content (AvgIpc) is 2.91. The number of likely N-dealkylation sites (N-methyl/N-ethyl adjacent to an activating group) is 1. The third-order valence-electron chi connectivity index (χ3n) is 2.90. The van der Waals surface area contributed by atoms with E-state index in [1.165, 1.54) is 6.07 Å². The highest BCUT2D eigenvalue weighted by Crippen LogP contribution is 2.48. The van der Waals surface area contributed by atoms with Crippen LogP contribution < -0.4 is 5.32 Å². The van der Waals surface area contributed by atoms with Gasteiger partial charge in [0.1, 0.15) is 5.82 Å². The molecule has 0 unspecified atom stereocenters. The van der Waals surface area contributed by atoms with Gasteiger partial charge in [0.05, 0.1) is 5.02 Å². The van der Waals surface area contributed by atoms with Gasteiger partial charge in [-0.05, 0) is 37.6 Å². The minimum Gasteiger partial charge on any atom is -0.319 e. The highest BCUT2D eigenvalue weighted by atomic mass is 35.5. The van der Waals surface area contributed by atoms with Crippen molar-refractivity contribution in [3.05, 3.63) is 34.6 Å². The van der Waals surface area contributed by atoms with Crippen LogP contribution in [-0.2, 0) is 5.41 Å². The lowest BCUT2D eigenvalue weighted by Crippen LogP contribution is -2.23. The normalized spacial score (nSPS) is 18.2. The van der Waals surface area contributed by atoms with E-state index >= 15 is 0 Å². The molecule has 0 aromatic heterocycles. The zero-order valence-electron chi connectivity index (χ0n) is 8.11. The molecule has 14 heavy (non-hydrogen) atoms. The van der Waals surface area contributed by atoms with Crippen LogP contribution >= 0.6 is 11.6 Å². The minimum absolute atomic E-state index is 0.214. The molecule has 3 heteroatoms. The molecule has 2 rings (SSSR count). The third-order valence-corrected chi connectivity index (χ3v) is 3.19. The van der Waals surface area contributed by atoms with Crippen LogP contribution in [0.5, 0.6) is 0 Å². The van der Waals surface area contributed by atoms with Crippen molar-refractivity contribution in [1.29, 1.82) is 0 Å². The van der Waals surface area contributed by atoms with E-state index in [1.807, 2.05) is 13.1 Å². The van der Waals surface area contributed by atoms with Gasteiger partial charge in [-0.3, -0.25) is 0 Å². The van der Waals surface area contributed by atoms with Gasteiger partial charge in [-0.25, -0.2) is 4.39 Å². The van der Waals surface area contributed by atoms with Gasteiger partial charge in [-0.15, -0.1) is 0 Å². The first-order valence-electron chi connectivity index (χ1n) is 4.78. The summed E-state index contributed by atoms with van der Waals surface area (Å²) in [7, 11) is 1.94. The van der Waals surface area contributed by atoms with Gasteiger partial charge in [0.2, 0.25) is 0 Å². The molecule has 0 atom stereocenters. The molecule has 0 spiro atoms. The first kappa shape index (κ1) is 9.94. The Kier molecular flexibility index (Phi) is 2.50.